The normalized spacial score (nSPS) is 18.2. The summed E-state index contributed by atoms with van der Waals surface area (Å²) in [6.07, 6.45) is 4.22. The molecule has 1 saturated heterocycles. The average Bonchev–Trinajstić information content (AvgIpc) is 2.82. The molecule has 0 saturated carbocycles. The summed E-state index contributed by atoms with van der Waals surface area (Å²) in [5.41, 5.74) is 3.77. The van der Waals surface area contributed by atoms with Crippen molar-refractivity contribution in [3.8, 4) is 0 Å². The number of likely N-dealkylation sites (tertiary alicyclic amines) is 1. The predicted molar refractivity (Wildman–Crippen MR) is 76.2 cm³/mol. The fourth-order valence-corrected chi connectivity index (χ4v) is 3.12. The number of aliphatic hydroxyl groups excluding tert-OH is 1. The number of imidazole rings is 1. The number of aromatic nitrogens is 2. The summed E-state index contributed by atoms with van der Waals surface area (Å²) in [5, 5.41) is 8.99. The van der Waals surface area contributed by atoms with E-state index in [0.29, 0.717) is 5.92 Å². The summed E-state index contributed by atoms with van der Waals surface area (Å²) in [4.78, 5) is 6.90. The average molecular weight is 259 g/mol. The van der Waals surface area contributed by atoms with Crippen LogP contribution in [0.3, 0.4) is 0 Å². The minimum Gasteiger partial charge on any atom is -0.395 e. The van der Waals surface area contributed by atoms with Crippen LogP contribution >= 0.6 is 0 Å². The van der Waals surface area contributed by atoms with Crippen LogP contribution in [-0.4, -0.2) is 45.8 Å². The number of aryl methyl sites for hydroxylation is 1. The minimum absolute atomic E-state index is 0.264. The first-order chi connectivity index (χ1) is 9.29. The first-order valence-corrected chi connectivity index (χ1v) is 7.02. The van der Waals surface area contributed by atoms with E-state index in [1.807, 2.05) is 13.4 Å². The fraction of sp³-hybridized carbons (Fsp3) is 0.533. The molecule has 0 unspecified atom stereocenters. The van der Waals surface area contributed by atoms with Crippen molar-refractivity contribution in [2.24, 2.45) is 7.05 Å². The van der Waals surface area contributed by atoms with Gasteiger partial charge < -0.3 is 14.6 Å². The predicted octanol–water partition coefficient (Wildman–Crippen LogP) is 1.74. The molecule has 1 N–H and O–H groups in total. The number of benzene rings is 1. The Kier molecular flexibility index (Phi) is 3.53. The third-order valence-electron chi connectivity index (χ3n) is 4.23. The zero-order chi connectivity index (χ0) is 13.2. The lowest BCUT2D eigenvalue weighted by Crippen LogP contribution is -2.34. The Balaban J connectivity index is 1.82. The van der Waals surface area contributed by atoms with E-state index < -0.39 is 0 Å². The van der Waals surface area contributed by atoms with E-state index in [0.717, 1.165) is 38.0 Å². The number of para-hydroxylation sites is 1. The van der Waals surface area contributed by atoms with Crippen molar-refractivity contribution in [2.75, 3.05) is 26.2 Å². The Morgan fingerprint density at radius 3 is 2.84 bits per heavy atom. The first kappa shape index (κ1) is 12.6. The van der Waals surface area contributed by atoms with E-state index in [-0.39, 0.29) is 6.61 Å². The third-order valence-corrected chi connectivity index (χ3v) is 4.23. The highest BCUT2D eigenvalue weighted by molar-refractivity contribution is 5.79. The van der Waals surface area contributed by atoms with Crippen LogP contribution in [0.2, 0.25) is 0 Å². The molecular weight excluding hydrogens is 238 g/mol. The van der Waals surface area contributed by atoms with Crippen molar-refractivity contribution in [3.05, 3.63) is 30.1 Å². The van der Waals surface area contributed by atoms with Gasteiger partial charge in [0.05, 0.1) is 24.0 Å². The molecule has 19 heavy (non-hydrogen) atoms. The molecule has 1 aliphatic heterocycles. The van der Waals surface area contributed by atoms with Gasteiger partial charge in [-0.3, -0.25) is 0 Å². The van der Waals surface area contributed by atoms with Gasteiger partial charge in [0.1, 0.15) is 0 Å². The Morgan fingerprint density at radius 1 is 1.32 bits per heavy atom. The van der Waals surface area contributed by atoms with E-state index in [1.165, 1.54) is 11.1 Å². The second-order valence-corrected chi connectivity index (χ2v) is 5.41. The summed E-state index contributed by atoms with van der Waals surface area (Å²) in [7, 11) is 2.04. The van der Waals surface area contributed by atoms with Crippen molar-refractivity contribution < 1.29 is 5.11 Å². The summed E-state index contributed by atoms with van der Waals surface area (Å²) in [5.74, 6) is 0.605. The molecule has 3 rings (SSSR count). The SMILES string of the molecule is Cn1cnc2c(C3CCN(CCO)CC3)cccc21. The summed E-state index contributed by atoms with van der Waals surface area (Å²) in [6.45, 7) is 3.23. The van der Waals surface area contributed by atoms with Crippen LogP contribution in [0, 0.1) is 0 Å². The molecule has 102 valence electrons. The quantitative estimate of drug-likeness (QED) is 0.913. The number of fused-ring (bicyclic) bond motifs is 1. The van der Waals surface area contributed by atoms with E-state index >= 15 is 0 Å². The molecule has 2 heterocycles. The van der Waals surface area contributed by atoms with Gasteiger partial charge in [0.15, 0.2) is 0 Å². The number of β-amino-alcohol motifs (C(OH)–C–C–N with tert-alkyl or cyclic N) is 1. The molecule has 0 aliphatic carbocycles. The maximum Gasteiger partial charge on any atom is 0.0955 e. The summed E-state index contributed by atoms with van der Waals surface area (Å²) < 4.78 is 2.08. The van der Waals surface area contributed by atoms with E-state index in [2.05, 4.69) is 32.7 Å². The van der Waals surface area contributed by atoms with Gasteiger partial charge in [-0.05, 0) is 43.5 Å². The molecule has 4 heteroatoms. The second-order valence-electron chi connectivity index (χ2n) is 5.41. The standard InChI is InChI=1S/C15H21N3O/c1-17-11-16-15-13(3-2-4-14(15)17)12-5-7-18(8-6-12)9-10-19/h2-4,11-12,19H,5-10H2,1H3. The molecule has 1 aliphatic rings. The van der Waals surface area contributed by atoms with Gasteiger partial charge in [-0.25, -0.2) is 4.98 Å². The molecular formula is C15H21N3O. The zero-order valence-electron chi connectivity index (χ0n) is 11.4. The fourth-order valence-electron chi connectivity index (χ4n) is 3.12. The third kappa shape index (κ3) is 2.38. The van der Waals surface area contributed by atoms with Gasteiger partial charge in [-0.1, -0.05) is 12.1 Å². The van der Waals surface area contributed by atoms with Gasteiger partial charge in [0.25, 0.3) is 0 Å². The molecule has 0 atom stereocenters. The van der Waals surface area contributed by atoms with E-state index in [9.17, 15) is 0 Å². The highest BCUT2D eigenvalue weighted by Crippen LogP contribution is 2.32. The molecule has 0 radical (unpaired) electrons. The topological polar surface area (TPSA) is 41.3 Å². The lowest BCUT2D eigenvalue weighted by molar-refractivity contribution is 0.164. The van der Waals surface area contributed by atoms with Crippen LogP contribution in [0.5, 0.6) is 0 Å². The molecule has 1 aromatic heterocycles. The summed E-state index contributed by atoms with van der Waals surface area (Å²) in [6, 6.07) is 6.49. The van der Waals surface area contributed by atoms with Crippen LogP contribution in [0.1, 0.15) is 24.3 Å². The monoisotopic (exact) mass is 259 g/mol. The molecule has 0 bridgehead atoms. The Bertz CT molecular complexity index is 556. The van der Waals surface area contributed by atoms with Crippen molar-refractivity contribution in [1.82, 2.24) is 14.5 Å². The summed E-state index contributed by atoms with van der Waals surface area (Å²) >= 11 is 0. The Labute approximate surface area is 113 Å². The highest BCUT2D eigenvalue weighted by atomic mass is 16.3. The number of hydrogen-bond donors (Lipinski definition) is 1. The van der Waals surface area contributed by atoms with E-state index in [1.54, 1.807) is 0 Å². The lowest BCUT2D eigenvalue weighted by Gasteiger charge is -2.31. The number of nitrogens with zero attached hydrogens (tertiary/aromatic N) is 3. The molecule has 1 fully saturated rings. The van der Waals surface area contributed by atoms with Crippen molar-refractivity contribution in [3.63, 3.8) is 0 Å². The van der Waals surface area contributed by atoms with Crippen LogP contribution in [0.15, 0.2) is 24.5 Å². The van der Waals surface area contributed by atoms with Gasteiger partial charge in [-0.2, -0.15) is 0 Å². The van der Waals surface area contributed by atoms with Gasteiger partial charge in [0.2, 0.25) is 0 Å². The molecule has 0 spiro atoms. The van der Waals surface area contributed by atoms with Crippen LogP contribution in [0.4, 0.5) is 0 Å². The van der Waals surface area contributed by atoms with Crippen LogP contribution in [0.25, 0.3) is 11.0 Å². The molecule has 2 aromatic rings. The number of rotatable bonds is 3. The van der Waals surface area contributed by atoms with Crippen molar-refractivity contribution >= 4 is 11.0 Å². The molecule has 4 nitrogen and oxygen atoms in total. The maximum absolute atomic E-state index is 8.99. The van der Waals surface area contributed by atoms with Gasteiger partial charge >= 0.3 is 0 Å². The highest BCUT2D eigenvalue weighted by Gasteiger charge is 2.22. The van der Waals surface area contributed by atoms with Crippen LogP contribution in [-0.2, 0) is 7.05 Å². The van der Waals surface area contributed by atoms with Gasteiger partial charge in [-0.15, -0.1) is 0 Å². The Morgan fingerprint density at radius 2 is 2.11 bits per heavy atom. The largest absolute Gasteiger partial charge is 0.395 e. The number of aliphatic hydroxyl groups is 1. The molecule has 1 aromatic carbocycles. The molecule has 0 amide bonds. The second kappa shape index (κ2) is 5.31. The lowest BCUT2D eigenvalue weighted by atomic mass is 9.88. The zero-order valence-corrected chi connectivity index (χ0v) is 11.4. The minimum atomic E-state index is 0.264. The van der Waals surface area contributed by atoms with Crippen LogP contribution < -0.4 is 0 Å². The van der Waals surface area contributed by atoms with Gasteiger partial charge in [0, 0.05) is 13.6 Å². The van der Waals surface area contributed by atoms with Crippen molar-refractivity contribution in [1.29, 1.82) is 0 Å². The van der Waals surface area contributed by atoms with Crippen molar-refractivity contribution in [2.45, 2.75) is 18.8 Å². The maximum atomic E-state index is 8.99. The first-order valence-electron chi connectivity index (χ1n) is 7.02. The number of piperidine rings is 1. The van der Waals surface area contributed by atoms with E-state index in [4.69, 9.17) is 5.11 Å². The number of hydrogen-bond acceptors (Lipinski definition) is 3. The Hall–Kier alpha value is -1.39. The smallest absolute Gasteiger partial charge is 0.0955 e.